The van der Waals surface area contributed by atoms with Gasteiger partial charge in [-0.2, -0.15) is 0 Å². The molecular weight excluding hydrogens is 234 g/mol. The van der Waals surface area contributed by atoms with Crippen LogP contribution in [0.4, 0.5) is 5.69 Å². The van der Waals surface area contributed by atoms with E-state index in [9.17, 15) is 0 Å². The lowest BCUT2D eigenvalue weighted by molar-refractivity contribution is 0.683. The first kappa shape index (κ1) is 12.2. The van der Waals surface area contributed by atoms with E-state index in [-0.39, 0.29) is 6.04 Å². The zero-order valence-corrected chi connectivity index (χ0v) is 11.3. The van der Waals surface area contributed by atoms with Crippen molar-refractivity contribution in [3.8, 4) is 0 Å². The van der Waals surface area contributed by atoms with E-state index in [1.165, 1.54) is 42.4 Å². The predicted octanol–water partition coefficient (Wildman–Crippen LogP) is 3.53. The second kappa shape index (κ2) is 5.39. The second-order valence-electron chi connectivity index (χ2n) is 5.23. The van der Waals surface area contributed by atoms with Crippen LogP contribution in [0.15, 0.2) is 36.9 Å². The molecule has 19 heavy (non-hydrogen) atoms. The summed E-state index contributed by atoms with van der Waals surface area (Å²) < 4.78 is 0. The average molecular weight is 253 g/mol. The first-order valence-electron chi connectivity index (χ1n) is 6.96. The Morgan fingerprint density at radius 3 is 2.58 bits per heavy atom. The van der Waals surface area contributed by atoms with Crippen LogP contribution in [0.25, 0.3) is 0 Å². The number of aromatic nitrogens is 2. The molecule has 0 radical (unpaired) electrons. The van der Waals surface area contributed by atoms with Crippen LogP contribution in [0.1, 0.15) is 42.5 Å². The molecule has 0 aliphatic heterocycles. The molecule has 3 nitrogen and oxygen atoms in total. The third-order valence-corrected chi connectivity index (χ3v) is 3.82. The van der Waals surface area contributed by atoms with E-state index in [1.807, 2.05) is 12.4 Å². The van der Waals surface area contributed by atoms with Crippen LogP contribution in [0, 0.1) is 0 Å². The van der Waals surface area contributed by atoms with Gasteiger partial charge in [-0.1, -0.05) is 18.2 Å². The molecule has 0 bridgehead atoms. The van der Waals surface area contributed by atoms with Gasteiger partial charge in [-0.15, -0.1) is 0 Å². The number of nitrogens with one attached hydrogen (secondary N) is 1. The zero-order chi connectivity index (χ0) is 13.1. The zero-order valence-electron chi connectivity index (χ0n) is 11.3. The molecule has 0 amide bonds. The van der Waals surface area contributed by atoms with Crippen LogP contribution < -0.4 is 5.32 Å². The van der Waals surface area contributed by atoms with Gasteiger partial charge in [0.05, 0.1) is 18.1 Å². The summed E-state index contributed by atoms with van der Waals surface area (Å²) in [5.74, 6) is 0. The van der Waals surface area contributed by atoms with E-state index >= 15 is 0 Å². The van der Waals surface area contributed by atoms with E-state index in [0.717, 1.165) is 5.69 Å². The molecule has 1 aliphatic rings. The summed E-state index contributed by atoms with van der Waals surface area (Å²) in [6, 6.07) is 7.17. The summed E-state index contributed by atoms with van der Waals surface area (Å²) in [4.78, 5) is 8.06. The van der Waals surface area contributed by atoms with E-state index in [4.69, 9.17) is 0 Å². The lowest BCUT2D eigenvalue weighted by Crippen LogP contribution is -2.09. The molecular formula is C16H19N3. The first-order valence-corrected chi connectivity index (χ1v) is 6.96. The second-order valence-corrected chi connectivity index (χ2v) is 5.23. The molecule has 3 heteroatoms. The Hall–Kier alpha value is -1.90. The molecule has 1 heterocycles. The minimum Gasteiger partial charge on any atom is -0.376 e. The topological polar surface area (TPSA) is 37.8 Å². The minimum absolute atomic E-state index is 0.276. The number of nitrogens with zero attached hydrogens (tertiary/aromatic N) is 2. The van der Waals surface area contributed by atoms with Crippen molar-refractivity contribution in [1.82, 2.24) is 9.97 Å². The van der Waals surface area contributed by atoms with Gasteiger partial charge in [0.25, 0.3) is 0 Å². The third-order valence-electron chi connectivity index (χ3n) is 3.82. The van der Waals surface area contributed by atoms with Gasteiger partial charge in [0, 0.05) is 6.04 Å². The highest BCUT2D eigenvalue weighted by molar-refractivity contribution is 5.42. The van der Waals surface area contributed by atoms with E-state index < -0.39 is 0 Å². The van der Waals surface area contributed by atoms with Gasteiger partial charge in [-0.25, -0.2) is 9.97 Å². The van der Waals surface area contributed by atoms with Crippen LogP contribution in [-0.4, -0.2) is 9.97 Å². The fourth-order valence-electron chi connectivity index (χ4n) is 2.73. The molecule has 98 valence electrons. The van der Waals surface area contributed by atoms with Crippen molar-refractivity contribution >= 4 is 5.69 Å². The third kappa shape index (κ3) is 2.75. The Balaban J connectivity index is 1.78. The summed E-state index contributed by atoms with van der Waals surface area (Å²) in [5.41, 5.74) is 5.36. The summed E-state index contributed by atoms with van der Waals surface area (Å²) in [6.07, 6.45) is 10.3. The van der Waals surface area contributed by atoms with E-state index in [2.05, 4.69) is 40.4 Å². The molecule has 1 unspecified atom stereocenters. The predicted molar refractivity (Wildman–Crippen MR) is 77.2 cm³/mol. The van der Waals surface area contributed by atoms with Crippen molar-refractivity contribution in [3.63, 3.8) is 0 Å². The lowest BCUT2D eigenvalue weighted by atomic mass is 9.89. The SMILES string of the molecule is CC(Nc1cncnc1)c1ccc2c(c1)CCCC2. The smallest absolute Gasteiger partial charge is 0.115 e. The highest BCUT2D eigenvalue weighted by Crippen LogP contribution is 2.26. The van der Waals surface area contributed by atoms with Gasteiger partial charge in [-0.05, 0) is 49.3 Å². The van der Waals surface area contributed by atoms with Gasteiger partial charge in [0.15, 0.2) is 0 Å². The fraction of sp³-hybridized carbons (Fsp3) is 0.375. The summed E-state index contributed by atoms with van der Waals surface area (Å²) in [6.45, 7) is 2.18. The normalized spacial score (nSPS) is 15.6. The number of aryl methyl sites for hydroxylation is 2. The molecule has 1 atom stereocenters. The minimum atomic E-state index is 0.276. The van der Waals surface area contributed by atoms with Crippen molar-refractivity contribution < 1.29 is 0 Å². The molecule has 1 aromatic carbocycles. The van der Waals surface area contributed by atoms with Crippen molar-refractivity contribution in [2.75, 3.05) is 5.32 Å². The highest BCUT2D eigenvalue weighted by Gasteiger charge is 2.12. The molecule has 0 spiro atoms. The number of hydrogen-bond acceptors (Lipinski definition) is 3. The average Bonchev–Trinajstić information content (AvgIpc) is 2.48. The highest BCUT2D eigenvalue weighted by atomic mass is 15.0. The maximum atomic E-state index is 4.03. The van der Waals surface area contributed by atoms with Gasteiger partial charge in [0.2, 0.25) is 0 Å². The van der Waals surface area contributed by atoms with Gasteiger partial charge >= 0.3 is 0 Å². The Bertz CT molecular complexity index is 551. The van der Waals surface area contributed by atoms with Gasteiger partial charge < -0.3 is 5.32 Å². The summed E-state index contributed by atoms with van der Waals surface area (Å²) in [5, 5.41) is 3.44. The van der Waals surface area contributed by atoms with Crippen molar-refractivity contribution in [1.29, 1.82) is 0 Å². The van der Waals surface area contributed by atoms with Crippen LogP contribution >= 0.6 is 0 Å². The van der Waals surface area contributed by atoms with Crippen LogP contribution in [0.3, 0.4) is 0 Å². The van der Waals surface area contributed by atoms with Crippen LogP contribution in [-0.2, 0) is 12.8 Å². The quantitative estimate of drug-likeness (QED) is 0.909. The molecule has 1 aliphatic carbocycles. The maximum absolute atomic E-state index is 4.03. The van der Waals surface area contributed by atoms with Crippen LogP contribution in [0.5, 0.6) is 0 Å². The summed E-state index contributed by atoms with van der Waals surface area (Å²) >= 11 is 0. The number of hydrogen-bond donors (Lipinski definition) is 1. The number of anilines is 1. The molecule has 1 aromatic heterocycles. The first-order chi connectivity index (χ1) is 9.33. The van der Waals surface area contributed by atoms with Crippen molar-refractivity contribution in [2.45, 2.75) is 38.6 Å². The Morgan fingerprint density at radius 1 is 1.05 bits per heavy atom. The van der Waals surface area contributed by atoms with Crippen molar-refractivity contribution in [3.05, 3.63) is 53.6 Å². The Labute approximate surface area is 114 Å². The molecule has 0 saturated carbocycles. The van der Waals surface area contributed by atoms with Gasteiger partial charge in [0.1, 0.15) is 6.33 Å². The number of benzene rings is 1. The maximum Gasteiger partial charge on any atom is 0.115 e. The molecule has 3 rings (SSSR count). The molecule has 0 saturated heterocycles. The number of fused-ring (bicyclic) bond motifs is 1. The monoisotopic (exact) mass is 253 g/mol. The Kier molecular flexibility index (Phi) is 3.45. The van der Waals surface area contributed by atoms with Crippen LogP contribution in [0.2, 0.25) is 0 Å². The Morgan fingerprint density at radius 2 is 1.79 bits per heavy atom. The molecule has 0 fully saturated rings. The van der Waals surface area contributed by atoms with Gasteiger partial charge in [-0.3, -0.25) is 0 Å². The fourth-order valence-corrected chi connectivity index (χ4v) is 2.73. The van der Waals surface area contributed by atoms with E-state index in [0.29, 0.717) is 0 Å². The largest absolute Gasteiger partial charge is 0.376 e. The van der Waals surface area contributed by atoms with Crippen molar-refractivity contribution in [2.24, 2.45) is 0 Å². The van der Waals surface area contributed by atoms with E-state index in [1.54, 1.807) is 6.33 Å². The molecule has 1 N–H and O–H groups in total. The molecule has 2 aromatic rings. The standard InChI is InChI=1S/C16H19N3/c1-12(19-16-9-17-11-18-10-16)14-7-6-13-4-2-3-5-15(13)8-14/h6-12,19H,2-5H2,1H3. The summed E-state index contributed by atoms with van der Waals surface area (Å²) in [7, 11) is 0. The lowest BCUT2D eigenvalue weighted by Gasteiger charge is -2.20. The number of rotatable bonds is 3.